The van der Waals surface area contributed by atoms with Gasteiger partial charge < -0.3 is 10.8 Å². The highest BCUT2D eigenvalue weighted by Crippen LogP contribution is 2.25. The van der Waals surface area contributed by atoms with Crippen molar-refractivity contribution in [3.8, 4) is 0 Å². The number of benzene rings is 1. The molecular formula is C11H17Cl2NO. The molecule has 1 rings (SSSR count). The topological polar surface area (TPSA) is 46.2 Å². The van der Waals surface area contributed by atoms with Crippen LogP contribution in [0.2, 0.25) is 5.02 Å². The molecule has 0 aliphatic rings. The van der Waals surface area contributed by atoms with Gasteiger partial charge in [-0.2, -0.15) is 0 Å². The van der Waals surface area contributed by atoms with Crippen molar-refractivity contribution < 1.29 is 5.11 Å². The molecule has 0 amide bonds. The SMILES string of the molecule is CC(C)[C@@H](O)[C@@H](N)c1ccccc1Cl.Cl. The van der Waals surface area contributed by atoms with Crippen molar-refractivity contribution in [2.75, 3.05) is 0 Å². The van der Waals surface area contributed by atoms with Crippen LogP contribution < -0.4 is 5.73 Å². The zero-order chi connectivity index (χ0) is 10.7. The summed E-state index contributed by atoms with van der Waals surface area (Å²) in [5, 5.41) is 10.4. The van der Waals surface area contributed by atoms with Crippen molar-refractivity contribution in [1.82, 2.24) is 0 Å². The summed E-state index contributed by atoms with van der Waals surface area (Å²) in [6.07, 6.45) is -0.560. The molecule has 0 spiro atoms. The maximum atomic E-state index is 9.79. The van der Waals surface area contributed by atoms with Crippen molar-refractivity contribution >= 4 is 24.0 Å². The van der Waals surface area contributed by atoms with Gasteiger partial charge >= 0.3 is 0 Å². The number of nitrogens with two attached hydrogens (primary N) is 1. The monoisotopic (exact) mass is 249 g/mol. The van der Waals surface area contributed by atoms with Crippen LogP contribution in [-0.4, -0.2) is 11.2 Å². The second-order valence-corrected chi connectivity index (χ2v) is 4.19. The molecule has 15 heavy (non-hydrogen) atoms. The first-order valence-corrected chi connectivity index (χ1v) is 5.10. The maximum Gasteiger partial charge on any atom is 0.0756 e. The van der Waals surface area contributed by atoms with E-state index in [-0.39, 0.29) is 18.3 Å². The largest absolute Gasteiger partial charge is 0.391 e. The number of hydrogen-bond donors (Lipinski definition) is 2. The van der Waals surface area contributed by atoms with E-state index in [1.807, 2.05) is 32.0 Å². The minimum absolute atomic E-state index is 0. The lowest BCUT2D eigenvalue weighted by atomic mass is 9.94. The second-order valence-electron chi connectivity index (χ2n) is 3.78. The van der Waals surface area contributed by atoms with E-state index < -0.39 is 12.1 Å². The van der Waals surface area contributed by atoms with Gasteiger partial charge in [0.1, 0.15) is 0 Å². The van der Waals surface area contributed by atoms with E-state index in [1.54, 1.807) is 6.07 Å². The molecule has 0 fully saturated rings. The summed E-state index contributed by atoms with van der Waals surface area (Å²) in [5.41, 5.74) is 6.71. The molecule has 0 saturated carbocycles. The Bertz CT molecular complexity index is 304. The van der Waals surface area contributed by atoms with Crippen LogP contribution in [0.5, 0.6) is 0 Å². The summed E-state index contributed by atoms with van der Waals surface area (Å²) in [7, 11) is 0. The fraction of sp³-hybridized carbons (Fsp3) is 0.455. The number of rotatable bonds is 3. The highest BCUT2D eigenvalue weighted by atomic mass is 35.5. The zero-order valence-corrected chi connectivity index (χ0v) is 10.4. The Morgan fingerprint density at radius 1 is 1.27 bits per heavy atom. The Hall–Kier alpha value is -0.280. The van der Waals surface area contributed by atoms with E-state index in [2.05, 4.69) is 0 Å². The summed E-state index contributed by atoms with van der Waals surface area (Å²) < 4.78 is 0. The van der Waals surface area contributed by atoms with E-state index >= 15 is 0 Å². The van der Waals surface area contributed by atoms with Crippen molar-refractivity contribution in [1.29, 1.82) is 0 Å². The van der Waals surface area contributed by atoms with Gasteiger partial charge in [0.15, 0.2) is 0 Å². The van der Waals surface area contributed by atoms with Gasteiger partial charge in [-0.15, -0.1) is 12.4 Å². The minimum Gasteiger partial charge on any atom is -0.391 e. The quantitative estimate of drug-likeness (QED) is 0.866. The molecule has 0 aromatic heterocycles. The number of aliphatic hydroxyl groups excluding tert-OH is 1. The lowest BCUT2D eigenvalue weighted by Crippen LogP contribution is -2.30. The van der Waals surface area contributed by atoms with Crippen LogP contribution in [0.25, 0.3) is 0 Å². The summed E-state index contributed by atoms with van der Waals surface area (Å²) in [6.45, 7) is 3.86. The van der Waals surface area contributed by atoms with E-state index in [0.717, 1.165) is 5.56 Å². The first-order chi connectivity index (χ1) is 6.54. The van der Waals surface area contributed by atoms with E-state index in [9.17, 15) is 5.11 Å². The normalized spacial score (nSPS) is 14.5. The number of halogens is 2. The smallest absolute Gasteiger partial charge is 0.0756 e. The third-order valence-electron chi connectivity index (χ3n) is 2.32. The molecular weight excluding hydrogens is 233 g/mol. The molecule has 1 aromatic rings. The molecule has 0 radical (unpaired) electrons. The van der Waals surface area contributed by atoms with Crippen LogP contribution in [-0.2, 0) is 0 Å². The predicted molar refractivity (Wildman–Crippen MR) is 66.5 cm³/mol. The summed E-state index contributed by atoms with van der Waals surface area (Å²) in [6, 6.07) is 6.93. The fourth-order valence-corrected chi connectivity index (χ4v) is 1.61. The molecule has 86 valence electrons. The lowest BCUT2D eigenvalue weighted by Gasteiger charge is -2.23. The van der Waals surface area contributed by atoms with E-state index in [0.29, 0.717) is 5.02 Å². The molecule has 0 unspecified atom stereocenters. The summed E-state index contributed by atoms with van der Waals surface area (Å²) in [4.78, 5) is 0. The van der Waals surface area contributed by atoms with Gasteiger partial charge in [-0.1, -0.05) is 43.6 Å². The average molecular weight is 250 g/mol. The molecule has 4 heteroatoms. The lowest BCUT2D eigenvalue weighted by molar-refractivity contribution is 0.0980. The van der Waals surface area contributed by atoms with Crippen molar-refractivity contribution in [3.05, 3.63) is 34.9 Å². The van der Waals surface area contributed by atoms with Gasteiger partial charge in [-0.05, 0) is 17.5 Å². The molecule has 2 atom stereocenters. The summed E-state index contributed by atoms with van der Waals surface area (Å²) >= 11 is 5.98. The van der Waals surface area contributed by atoms with Crippen molar-refractivity contribution in [2.24, 2.45) is 11.7 Å². The van der Waals surface area contributed by atoms with Crippen LogP contribution in [0.4, 0.5) is 0 Å². The van der Waals surface area contributed by atoms with Gasteiger partial charge in [-0.3, -0.25) is 0 Å². The van der Waals surface area contributed by atoms with Crippen molar-refractivity contribution in [2.45, 2.75) is 26.0 Å². The Kier molecular flexibility index (Phi) is 6.22. The molecule has 0 bridgehead atoms. The summed E-state index contributed by atoms with van der Waals surface area (Å²) in [5.74, 6) is 0.126. The van der Waals surface area contributed by atoms with E-state index in [1.165, 1.54) is 0 Å². The molecule has 2 nitrogen and oxygen atoms in total. The molecule has 0 saturated heterocycles. The van der Waals surface area contributed by atoms with E-state index in [4.69, 9.17) is 17.3 Å². The van der Waals surface area contributed by atoms with Crippen LogP contribution in [0.15, 0.2) is 24.3 Å². The maximum absolute atomic E-state index is 9.79. The van der Waals surface area contributed by atoms with Gasteiger partial charge in [0, 0.05) is 5.02 Å². The minimum atomic E-state index is -0.560. The Labute approximate surface area is 102 Å². The predicted octanol–water partition coefficient (Wildman–Crippen LogP) is 2.78. The highest BCUT2D eigenvalue weighted by molar-refractivity contribution is 6.31. The molecule has 0 heterocycles. The third-order valence-corrected chi connectivity index (χ3v) is 2.66. The third kappa shape index (κ3) is 3.65. The molecule has 0 aliphatic carbocycles. The van der Waals surface area contributed by atoms with Crippen LogP contribution in [0, 0.1) is 5.92 Å². The van der Waals surface area contributed by atoms with Crippen LogP contribution in [0.3, 0.4) is 0 Å². The van der Waals surface area contributed by atoms with Gasteiger partial charge in [0.05, 0.1) is 12.1 Å². The Balaban J connectivity index is 0.00000196. The second kappa shape index (κ2) is 6.33. The average Bonchev–Trinajstić information content (AvgIpc) is 2.16. The van der Waals surface area contributed by atoms with Gasteiger partial charge in [0.2, 0.25) is 0 Å². The molecule has 0 aliphatic heterocycles. The number of aliphatic hydroxyl groups is 1. The van der Waals surface area contributed by atoms with Crippen molar-refractivity contribution in [3.63, 3.8) is 0 Å². The van der Waals surface area contributed by atoms with Crippen LogP contribution in [0.1, 0.15) is 25.5 Å². The number of hydrogen-bond acceptors (Lipinski definition) is 2. The first-order valence-electron chi connectivity index (χ1n) is 4.72. The zero-order valence-electron chi connectivity index (χ0n) is 8.85. The highest BCUT2D eigenvalue weighted by Gasteiger charge is 2.21. The molecule has 1 aromatic carbocycles. The van der Waals surface area contributed by atoms with Crippen LogP contribution >= 0.6 is 24.0 Å². The first kappa shape index (κ1) is 14.7. The van der Waals surface area contributed by atoms with Gasteiger partial charge in [-0.25, -0.2) is 0 Å². The standard InChI is InChI=1S/C11H16ClNO.ClH/c1-7(2)11(14)10(13)8-5-3-4-6-9(8)12;/h3-7,10-11,14H,13H2,1-2H3;1H/t10-,11+;/m0./s1. The van der Waals surface area contributed by atoms with Gasteiger partial charge in [0.25, 0.3) is 0 Å². The Morgan fingerprint density at radius 3 is 2.27 bits per heavy atom. The molecule has 3 N–H and O–H groups in total. The Morgan fingerprint density at radius 2 is 1.80 bits per heavy atom. The fourth-order valence-electron chi connectivity index (χ4n) is 1.34.